The van der Waals surface area contributed by atoms with E-state index >= 15 is 0 Å². The Morgan fingerprint density at radius 3 is 2.66 bits per heavy atom. The number of nitrogens with two attached hydrogens (primary N) is 1. The van der Waals surface area contributed by atoms with Crippen molar-refractivity contribution in [1.82, 2.24) is 10.3 Å². The zero-order valence-corrected chi connectivity index (χ0v) is 17.0. The van der Waals surface area contributed by atoms with Gasteiger partial charge >= 0.3 is 5.88 Å². The number of carbonyl (C=O) groups excluding carboxylic acids is 1. The Kier molecular flexibility index (Phi) is 4.89. The van der Waals surface area contributed by atoms with E-state index in [1.807, 2.05) is 50.2 Å². The Hall–Kier alpha value is -3.46. The highest BCUT2D eigenvalue weighted by atomic mass is 32.1. The van der Waals surface area contributed by atoms with Crippen LogP contribution in [-0.4, -0.2) is 23.3 Å². The number of ether oxygens (including phenoxy) is 1. The van der Waals surface area contributed by atoms with Crippen LogP contribution in [-0.2, 0) is 0 Å². The third-order valence-corrected chi connectivity index (χ3v) is 5.55. The van der Waals surface area contributed by atoms with Crippen LogP contribution in [0, 0.1) is 0 Å². The van der Waals surface area contributed by atoms with Crippen LogP contribution in [0.15, 0.2) is 47.1 Å². The van der Waals surface area contributed by atoms with Gasteiger partial charge in [-0.1, -0.05) is 0 Å². The van der Waals surface area contributed by atoms with E-state index in [-0.39, 0.29) is 17.8 Å². The number of anilines is 2. The van der Waals surface area contributed by atoms with Gasteiger partial charge in [-0.3, -0.25) is 14.6 Å². The van der Waals surface area contributed by atoms with E-state index in [2.05, 4.69) is 15.6 Å². The third-order valence-electron chi connectivity index (χ3n) is 4.43. The normalized spacial score (nSPS) is 11.2. The molecule has 0 atom stereocenters. The van der Waals surface area contributed by atoms with Crippen molar-refractivity contribution in [1.29, 1.82) is 0 Å². The van der Waals surface area contributed by atoms with Gasteiger partial charge in [-0.05, 0) is 54.9 Å². The predicted octanol–water partition coefficient (Wildman–Crippen LogP) is 3.66. The van der Waals surface area contributed by atoms with Gasteiger partial charge in [-0.25, -0.2) is 4.98 Å². The molecule has 4 rings (SSSR count). The first kappa shape index (κ1) is 18.9. The summed E-state index contributed by atoms with van der Waals surface area (Å²) < 4.78 is 12.0. The average Bonchev–Trinajstić information content (AvgIpc) is 3.32. The summed E-state index contributed by atoms with van der Waals surface area (Å²) in [5.41, 5.74) is 8.35. The van der Waals surface area contributed by atoms with Gasteiger partial charge in [0.05, 0.1) is 18.5 Å². The first-order valence-corrected chi connectivity index (χ1v) is 9.81. The molecule has 29 heavy (non-hydrogen) atoms. The number of nitrogen functional groups attached to an aromatic ring is 1. The number of methoxy groups -OCH3 is 1. The van der Waals surface area contributed by atoms with E-state index in [0.717, 1.165) is 22.4 Å². The molecule has 1 aromatic carbocycles. The molecule has 0 aliphatic heterocycles. The number of pyridine rings is 1. The fourth-order valence-electron chi connectivity index (χ4n) is 2.81. The van der Waals surface area contributed by atoms with Crippen LogP contribution < -0.4 is 20.5 Å². The van der Waals surface area contributed by atoms with Gasteiger partial charge in [0.25, 0.3) is 12.1 Å². The first-order valence-electron chi connectivity index (χ1n) is 8.99. The van der Waals surface area contributed by atoms with Crippen molar-refractivity contribution in [2.75, 3.05) is 18.2 Å². The van der Waals surface area contributed by atoms with Gasteiger partial charge in [0.15, 0.2) is 6.04 Å². The lowest BCUT2D eigenvalue weighted by Crippen LogP contribution is -2.36. The highest BCUT2D eigenvalue weighted by Crippen LogP contribution is 2.34. The van der Waals surface area contributed by atoms with Crippen molar-refractivity contribution >= 4 is 39.0 Å². The molecule has 0 radical (unpaired) electrons. The van der Waals surface area contributed by atoms with E-state index in [9.17, 15) is 4.79 Å². The summed E-state index contributed by atoms with van der Waals surface area (Å²) in [6.07, 6.45) is 1.63. The summed E-state index contributed by atoms with van der Waals surface area (Å²) in [6, 6.07) is 11.5. The Balaban J connectivity index is 1.63. The molecule has 9 heteroatoms. The number of nitrogens with one attached hydrogen (secondary N) is 1. The van der Waals surface area contributed by atoms with Gasteiger partial charge in [0, 0.05) is 10.9 Å². The standard InChI is InChI=1S/C20H19N5O3S/c1-11(2)25-10-16(28-24-25)23-19(26)18-17(21)14-8-9-15(22-20(14)29-18)12-4-6-13(27-3)7-5-12/h4-11H,1-3H3,(H2-,21,23,24,26)/p+1. The van der Waals surface area contributed by atoms with Gasteiger partial charge in [0.2, 0.25) is 5.27 Å². The first-order chi connectivity index (χ1) is 14.0. The highest BCUT2D eigenvalue weighted by Gasteiger charge is 2.22. The summed E-state index contributed by atoms with van der Waals surface area (Å²) in [5.74, 6) is 0.677. The van der Waals surface area contributed by atoms with E-state index in [4.69, 9.17) is 15.0 Å². The average molecular weight is 410 g/mol. The summed E-state index contributed by atoms with van der Waals surface area (Å²) in [4.78, 5) is 18.4. The van der Waals surface area contributed by atoms with Crippen LogP contribution >= 0.6 is 11.3 Å². The molecule has 3 aromatic heterocycles. The van der Waals surface area contributed by atoms with Crippen molar-refractivity contribution in [3.63, 3.8) is 0 Å². The molecule has 8 nitrogen and oxygen atoms in total. The Morgan fingerprint density at radius 1 is 1.24 bits per heavy atom. The summed E-state index contributed by atoms with van der Waals surface area (Å²) >= 11 is 1.24. The molecule has 0 saturated heterocycles. The van der Waals surface area contributed by atoms with Crippen molar-refractivity contribution < 1.29 is 18.7 Å². The highest BCUT2D eigenvalue weighted by molar-refractivity contribution is 7.21. The van der Waals surface area contributed by atoms with Crippen LogP contribution in [0.5, 0.6) is 5.75 Å². The van der Waals surface area contributed by atoms with Gasteiger partial charge < -0.3 is 10.5 Å². The Labute approximate surface area is 170 Å². The van der Waals surface area contributed by atoms with Crippen molar-refractivity contribution in [3.05, 3.63) is 47.5 Å². The second-order valence-corrected chi connectivity index (χ2v) is 7.72. The molecule has 0 aliphatic rings. The largest absolute Gasteiger partial charge is 0.497 e. The minimum Gasteiger partial charge on any atom is -0.497 e. The molecule has 0 aliphatic carbocycles. The van der Waals surface area contributed by atoms with Crippen LogP contribution in [0.25, 0.3) is 21.5 Å². The zero-order chi connectivity index (χ0) is 20.5. The second kappa shape index (κ2) is 7.51. The van der Waals surface area contributed by atoms with E-state index in [1.54, 1.807) is 18.0 Å². The number of hydrogen-bond acceptors (Lipinski definition) is 7. The lowest BCUT2D eigenvalue weighted by atomic mass is 10.1. The molecule has 3 heterocycles. The number of amides is 1. The van der Waals surface area contributed by atoms with Crippen LogP contribution in [0.2, 0.25) is 0 Å². The maximum Gasteiger partial charge on any atom is 0.302 e. The number of rotatable bonds is 5. The summed E-state index contributed by atoms with van der Waals surface area (Å²) in [6.45, 7) is 3.92. The number of fused-ring (bicyclic) bond motifs is 1. The third kappa shape index (κ3) is 3.64. The molecule has 0 saturated carbocycles. The smallest absolute Gasteiger partial charge is 0.302 e. The predicted molar refractivity (Wildman–Crippen MR) is 111 cm³/mol. The Bertz CT molecular complexity index is 1180. The van der Waals surface area contributed by atoms with Crippen molar-refractivity contribution in [3.8, 4) is 17.0 Å². The van der Waals surface area contributed by atoms with E-state index < -0.39 is 0 Å². The SMILES string of the molecule is COc1ccc(-c2ccc3c(N)c(C(=O)Nc4c[n+](C(C)C)no4)sc3n2)cc1. The molecule has 3 N–H and O–H groups in total. The van der Waals surface area contributed by atoms with Crippen LogP contribution in [0.4, 0.5) is 11.6 Å². The fraction of sp³-hybridized carbons (Fsp3) is 0.200. The number of thiophene rings is 1. The van der Waals surface area contributed by atoms with E-state index in [0.29, 0.717) is 15.4 Å². The Morgan fingerprint density at radius 2 is 2.00 bits per heavy atom. The lowest BCUT2D eigenvalue weighted by Gasteiger charge is -2.03. The summed E-state index contributed by atoms with van der Waals surface area (Å²) in [7, 11) is 1.63. The van der Waals surface area contributed by atoms with Crippen LogP contribution in [0.1, 0.15) is 29.6 Å². The van der Waals surface area contributed by atoms with Gasteiger partial charge in [-0.2, -0.15) is 0 Å². The molecule has 4 aromatic rings. The second-order valence-electron chi connectivity index (χ2n) is 6.72. The maximum atomic E-state index is 12.7. The molecular formula is C20H20N5O3S+. The van der Waals surface area contributed by atoms with Crippen molar-refractivity contribution in [2.24, 2.45) is 0 Å². The molecule has 0 spiro atoms. The van der Waals surface area contributed by atoms with Gasteiger partial charge in [0.1, 0.15) is 15.5 Å². The topological polar surface area (TPSA) is 107 Å². The van der Waals surface area contributed by atoms with Gasteiger partial charge in [-0.15, -0.1) is 11.3 Å². The van der Waals surface area contributed by atoms with E-state index in [1.165, 1.54) is 11.3 Å². The molecule has 0 fully saturated rings. The number of benzene rings is 1. The molecule has 0 bridgehead atoms. The van der Waals surface area contributed by atoms with Crippen molar-refractivity contribution in [2.45, 2.75) is 19.9 Å². The zero-order valence-electron chi connectivity index (χ0n) is 16.2. The number of nitrogens with zero attached hydrogens (tertiary/aromatic N) is 3. The number of carbonyl (C=O) groups is 1. The summed E-state index contributed by atoms with van der Waals surface area (Å²) in [5, 5.41) is 7.30. The monoisotopic (exact) mass is 410 g/mol. The number of aromatic nitrogens is 3. The molecular weight excluding hydrogens is 390 g/mol. The quantitative estimate of drug-likeness (QED) is 0.486. The minimum atomic E-state index is -0.358. The number of hydrogen-bond donors (Lipinski definition) is 2. The van der Waals surface area contributed by atoms with Crippen LogP contribution in [0.3, 0.4) is 0 Å². The molecule has 148 valence electrons. The fourth-order valence-corrected chi connectivity index (χ4v) is 3.80. The molecule has 1 amide bonds. The minimum absolute atomic E-state index is 0.124. The lowest BCUT2D eigenvalue weighted by molar-refractivity contribution is -0.779. The molecule has 0 unspecified atom stereocenters. The maximum absolute atomic E-state index is 12.7.